The summed E-state index contributed by atoms with van der Waals surface area (Å²) in [6.45, 7) is 5.94. The minimum atomic E-state index is 0.583. The molecule has 0 radical (unpaired) electrons. The molecule has 1 fully saturated rings. The van der Waals surface area contributed by atoms with Crippen LogP contribution in [0.4, 0.5) is 0 Å². The van der Waals surface area contributed by atoms with Crippen LogP contribution >= 0.6 is 0 Å². The van der Waals surface area contributed by atoms with Crippen LogP contribution in [0, 0.1) is 0 Å². The van der Waals surface area contributed by atoms with Crippen molar-refractivity contribution in [2.75, 3.05) is 20.6 Å². The van der Waals surface area contributed by atoms with E-state index in [1.54, 1.807) is 0 Å². The van der Waals surface area contributed by atoms with Crippen molar-refractivity contribution in [2.24, 2.45) is 0 Å². The minimum Gasteiger partial charge on any atom is -0.314 e. The fourth-order valence-electron chi connectivity index (χ4n) is 0.932. The lowest BCUT2D eigenvalue weighted by atomic mass is 10.2. The van der Waals surface area contributed by atoms with Gasteiger partial charge in [-0.2, -0.15) is 0 Å². The first kappa shape index (κ1) is 5.10. The smallest absolute Gasteiger partial charge is 0.143 e. The second-order valence-corrected chi connectivity index (χ2v) is 3.66. The third-order valence-corrected chi connectivity index (χ3v) is 2.32. The first-order valence-electron chi connectivity index (χ1n) is 2.79. The predicted molar refractivity (Wildman–Crippen MR) is 31.1 cm³/mol. The zero-order valence-electron chi connectivity index (χ0n) is 5.65. The van der Waals surface area contributed by atoms with Crippen LogP contribution in [-0.4, -0.2) is 30.7 Å². The summed E-state index contributed by atoms with van der Waals surface area (Å²) in [5, 5.41) is 0. The Morgan fingerprint density at radius 3 is 1.43 bits per heavy atom. The third kappa shape index (κ3) is 0.556. The molecule has 1 aliphatic rings. The van der Waals surface area contributed by atoms with Gasteiger partial charge in [-0.25, -0.2) is 0 Å². The molecule has 1 nitrogen and oxygen atoms in total. The van der Waals surface area contributed by atoms with Gasteiger partial charge in [0, 0.05) is 0 Å². The number of hydrogen-bond donors (Lipinski definition) is 0. The second-order valence-electron chi connectivity index (χ2n) is 3.66. The van der Waals surface area contributed by atoms with E-state index < -0.39 is 0 Å². The molecular formula is C6H14N+. The summed E-state index contributed by atoms with van der Waals surface area (Å²) in [6.07, 6.45) is 0. The Morgan fingerprint density at radius 1 is 1.29 bits per heavy atom. The summed E-state index contributed by atoms with van der Waals surface area (Å²) in [5.41, 5.74) is 0.583. The van der Waals surface area contributed by atoms with Gasteiger partial charge in [-0.05, 0) is 13.8 Å². The molecule has 0 atom stereocenters. The van der Waals surface area contributed by atoms with Crippen molar-refractivity contribution in [2.45, 2.75) is 19.4 Å². The van der Waals surface area contributed by atoms with E-state index in [9.17, 15) is 0 Å². The van der Waals surface area contributed by atoms with Crippen LogP contribution in [0.1, 0.15) is 13.8 Å². The average Bonchev–Trinajstić information content (AvgIpc) is 1.63. The van der Waals surface area contributed by atoms with E-state index in [1.807, 2.05) is 0 Å². The molecule has 0 aromatic heterocycles. The maximum absolute atomic E-state index is 2.30. The van der Waals surface area contributed by atoms with Crippen molar-refractivity contribution >= 4 is 0 Å². The fourth-order valence-corrected chi connectivity index (χ4v) is 0.932. The summed E-state index contributed by atoms with van der Waals surface area (Å²) in [4.78, 5) is 0. The van der Waals surface area contributed by atoms with Crippen molar-refractivity contribution in [3.63, 3.8) is 0 Å². The Balaban J connectivity index is 2.59. The fraction of sp³-hybridized carbons (Fsp3) is 1.00. The molecule has 42 valence electrons. The van der Waals surface area contributed by atoms with Crippen molar-refractivity contribution < 1.29 is 4.48 Å². The van der Waals surface area contributed by atoms with E-state index in [1.165, 1.54) is 11.0 Å². The van der Waals surface area contributed by atoms with E-state index in [0.29, 0.717) is 5.54 Å². The molecule has 1 saturated heterocycles. The number of quaternary nitrogens is 1. The lowest BCUT2D eigenvalue weighted by molar-refractivity contribution is -0.783. The Bertz CT molecular complexity index is 80.4. The van der Waals surface area contributed by atoms with Crippen LogP contribution < -0.4 is 0 Å². The summed E-state index contributed by atoms with van der Waals surface area (Å²) in [6, 6.07) is 0. The van der Waals surface area contributed by atoms with Crippen LogP contribution in [0.5, 0.6) is 0 Å². The number of likely N-dealkylation sites (N-methyl/N-ethyl adjacent to an activating group) is 1. The lowest BCUT2D eigenvalue weighted by Gasteiger charge is -2.07. The summed E-state index contributed by atoms with van der Waals surface area (Å²) in [5.74, 6) is 0. The average molecular weight is 100 g/mol. The van der Waals surface area contributed by atoms with Gasteiger partial charge in [-0.3, -0.25) is 0 Å². The zero-order chi connectivity index (χ0) is 5.71. The highest BCUT2D eigenvalue weighted by molar-refractivity contribution is 4.81. The van der Waals surface area contributed by atoms with Crippen molar-refractivity contribution in [1.82, 2.24) is 0 Å². The van der Waals surface area contributed by atoms with Crippen LogP contribution in [0.2, 0.25) is 0 Å². The van der Waals surface area contributed by atoms with Crippen LogP contribution in [0.15, 0.2) is 0 Å². The van der Waals surface area contributed by atoms with Crippen LogP contribution in [0.3, 0.4) is 0 Å². The molecule has 0 N–H and O–H groups in total. The third-order valence-electron chi connectivity index (χ3n) is 2.32. The van der Waals surface area contributed by atoms with Gasteiger partial charge in [0.1, 0.15) is 12.1 Å². The van der Waals surface area contributed by atoms with Crippen LogP contribution in [-0.2, 0) is 0 Å². The van der Waals surface area contributed by atoms with Crippen molar-refractivity contribution in [3.05, 3.63) is 0 Å². The summed E-state index contributed by atoms with van der Waals surface area (Å²) < 4.78 is 1.20. The highest BCUT2D eigenvalue weighted by atomic mass is 15.5. The Kier molecular flexibility index (Phi) is 0.636. The Hall–Kier alpha value is -0.0400. The molecule has 0 saturated carbocycles. The van der Waals surface area contributed by atoms with E-state index >= 15 is 0 Å². The number of nitrogens with zero attached hydrogens (tertiary/aromatic N) is 1. The topological polar surface area (TPSA) is 0 Å². The van der Waals surface area contributed by atoms with Crippen molar-refractivity contribution in [3.8, 4) is 0 Å². The highest BCUT2D eigenvalue weighted by Gasteiger charge is 2.55. The molecular weight excluding hydrogens is 86.1 g/mol. The van der Waals surface area contributed by atoms with E-state index in [4.69, 9.17) is 0 Å². The summed E-state index contributed by atoms with van der Waals surface area (Å²) in [7, 11) is 4.53. The molecule has 0 bridgehead atoms. The zero-order valence-corrected chi connectivity index (χ0v) is 5.65. The molecule has 7 heavy (non-hydrogen) atoms. The Labute approximate surface area is 45.5 Å². The molecule has 0 aromatic carbocycles. The van der Waals surface area contributed by atoms with Gasteiger partial charge in [0.15, 0.2) is 0 Å². The Morgan fingerprint density at radius 2 is 1.43 bits per heavy atom. The standard InChI is InChI=1S/C6H14N/c1-6(2)5-7(6,3)4/h5H2,1-4H3/q+1. The molecule has 0 unspecified atom stereocenters. The van der Waals surface area contributed by atoms with Gasteiger partial charge in [-0.15, -0.1) is 0 Å². The first-order chi connectivity index (χ1) is 2.96. The summed E-state index contributed by atoms with van der Waals surface area (Å²) >= 11 is 0. The minimum absolute atomic E-state index is 0.583. The van der Waals surface area contributed by atoms with Gasteiger partial charge >= 0.3 is 0 Å². The van der Waals surface area contributed by atoms with Gasteiger partial charge in [-0.1, -0.05) is 0 Å². The quantitative estimate of drug-likeness (QED) is 0.313. The first-order valence-corrected chi connectivity index (χ1v) is 2.79. The molecule has 0 spiro atoms. The molecule has 1 heterocycles. The maximum atomic E-state index is 2.30. The van der Waals surface area contributed by atoms with Gasteiger partial charge < -0.3 is 4.48 Å². The highest BCUT2D eigenvalue weighted by Crippen LogP contribution is 2.36. The molecule has 0 aliphatic carbocycles. The van der Waals surface area contributed by atoms with E-state index in [-0.39, 0.29) is 0 Å². The van der Waals surface area contributed by atoms with Crippen molar-refractivity contribution in [1.29, 1.82) is 0 Å². The van der Waals surface area contributed by atoms with E-state index in [2.05, 4.69) is 27.9 Å². The number of rotatable bonds is 0. The SMILES string of the molecule is CC1(C)C[N+]1(C)C. The predicted octanol–water partition coefficient (Wildman–Crippen LogP) is 0.855. The molecule has 1 rings (SSSR count). The van der Waals surface area contributed by atoms with E-state index in [0.717, 1.165) is 0 Å². The van der Waals surface area contributed by atoms with Gasteiger partial charge in [0.05, 0.1) is 14.1 Å². The molecule has 0 aromatic rings. The molecule has 1 heteroatoms. The lowest BCUT2D eigenvalue weighted by Crippen LogP contribution is -2.21. The largest absolute Gasteiger partial charge is 0.314 e. The normalized spacial score (nSPS) is 32.6. The van der Waals surface area contributed by atoms with Gasteiger partial charge in [0.2, 0.25) is 0 Å². The monoisotopic (exact) mass is 100 g/mol. The molecule has 1 aliphatic heterocycles. The van der Waals surface area contributed by atoms with Crippen LogP contribution in [0.25, 0.3) is 0 Å². The number of hydrogen-bond acceptors (Lipinski definition) is 0. The van der Waals surface area contributed by atoms with Gasteiger partial charge in [0.25, 0.3) is 0 Å². The second kappa shape index (κ2) is 0.873. The molecule has 0 amide bonds. The maximum Gasteiger partial charge on any atom is 0.143 e.